The van der Waals surface area contributed by atoms with E-state index in [2.05, 4.69) is 9.88 Å². The van der Waals surface area contributed by atoms with Gasteiger partial charge in [-0.15, -0.1) is 0 Å². The van der Waals surface area contributed by atoms with Crippen molar-refractivity contribution >= 4 is 16.6 Å². The molecule has 0 aliphatic carbocycles. The van der Waals surface area contributed by atoms with Crippen molar-refractivity contribution in [2.24, 2.45) is 14.1 Å². The van der Waals surface area contributed by atoms with Crippen LogP contribution in [0.4, 0.5) is 5.69 Å². The molecule has 8 nitrogen and oxygen atoms in total. The molecule has 0 spiro atoms. The number of fused-ring (bicyclic) bond motifs is 5. The van der Waals surface area contributed by atoms with E-state index in [0.717, 1.165) is 27.1 Å². The van der Waals surface area contributed by atoms with Gasteiger partial charge in [0.15, 0.2) is 0 Å². The number of methoxy groups -OCH3 is 1. The number of benzene rings is 3. The Labute approximate surface area is 212 Å². The number of aromatic nitrogens is 3. The van der Waals surface area contributed by atoms with Crippen LogP contribution < -0.4 is 21.3 Å². The number of aryl methyl sites for hydroxylation is 2. The number of ether oxygens (including phenoxy) is 1. The van der Waals surface area contributed by atoms with Crippen molar-refractivity contribution < 1.29 is 9.84 Å². The van der Waals surface area contributed by atoms with E-state index >= 15 is 0 Å². The van der Waals surface area contributed by atoms with Crippen molar-refractivity contribution in [1.29, 1.82) is 0 Å². The monoisotopic (exact) mass is 494 g/mol. The van der Waals surface area contributed by atoms with Crippen LogP contribution >= 0.6 is 0 Å². The molecule has 1 aliphatic rings. The van der Waals surface area contributed by atoms with Crippen LogP contribution in [0.2, 0.25) is 0 Å². The predicted octanol–water partition coefficient (Wildman–Crippen LogP) is 4.23. The first-order valence-electron chi connectivity index (χ1n) is 12.0. The molecule has 6 rings (SSSR count). The molecule has 5 aromatic rings. The summed E-state index contributed by atoms with van der Waals surface area (Å²) in [6, 6.07) is 20.3. The molecular weight excluding hydrogens is 468 g/mol. The third kappa shape index (κ3) is 3.22. The molecule has 0 radical (unpaired) electrons. The fourth-order valence-corrected chi connectivity index (χ4v) is 5.41. The molecule has 37 heavy (non-hydrogen) atoms. The van der Waals surface area contributed by atoms with Gasteiger partial charge in [-0.1, -0.05) is 35.9 Å². The molecule has 0 unspecified atom stereocenters. The van der Waals surface area contributed by atoms with Crippen LogP contribution in [0.5, 0.6) is 11.5 Å². The summed E-state index contributed by atoms with van der Waals surface area (Å²) in [7, 11) is 4.74. The molecule has 2 N–H and O–H groups in total. The van der Waals surface area contributed by atoms with Crippen molar-refractivity contribution in [3.63, 3.8) is 0 Å². The Morgan fingerprint density at radius 2 is 1.73 bits per heavy atom. The summed E-state index contributed by atoms with van der Waals surface area (Å²) in [6.07, 6.45) is 0. The number of hydrogen-bond acceptors (Lipinski definition) is 5. The lowest BCUT2D eigenvalue weighted by Gasteiger charge is -2.31. The van der Waals surface area contributed by atoms with Crippen LogP contribution in [0.1, 0.15) is 22.9 Å². The fourth-order valence-electron chi connectivity index (χ4n) is 5.41. The van der Waals surface area contributed by atoms with Crippen LogP contribution in [-0.2, 0) is 14.1 Å². The van der Waals surface area contributed by atoms with E-state index in [1.807, 2.05) is 55.5 Å². The van der Waals surface area contributed by atoms with Crippen molar-refractivity contribution in [2.75, 3.05) is 12.4 Å². The van der Waals surface area contributed by atoms with Gasteiger partial charge >= 0.3 is 5.69 Å². The molecule has 0 saturated carbocycles. The first-order chi connectivity index (χ1) is 17.8. The van der Waals surface area contributed by atoms with Gasteiger partial charge in [-0.2, -0.15) is 0 Å². The highest BCUT2D eigenvalue weighted by molar-refractivity contribution is 5.99. The minimum absolute atomic E-state index is 0.0736. The van der Waals surface area contributed by atoms with Gasteiger partial charge in [-0.3, -0.25) is 13.9 Å². The number of aromatic hydroxyl groups is 1. The quantitative estimate of drug-likeness (QED) is 0.392. The number of hydrogen-bond donors (Lipinski definition) is 2. The van der Waals surface area contributed by atoms with E-state index < -0.39 is 11.7 Å². The van der Waals surface area contributed by atoms with Gasteiger partial charge < -0.3 is 19.7 Å². The van der Waals surface area contributed by atoms with E-state index in [4.69, 9.17) is 4.74 Å². The van der Waals surface area contributed by atoms with Crippen molar-refractivity contribution in [3.05, 3.63) is 104 Å². The van der Waals surface area contributed by atoms with Gasteiger partial charge in [0.05, 0.1) is 46.8 Å². The van der Waals surface area contributed by atoms with Crippen molar-refractivity contribution in [3.8, 4) is 28.4 Å². The zero-order valence-electron chi connectivity index (χ0n) is 20.9. The molecule has 0 bridgehead atoms. The van der Waals surface area contributed by atoms with Crippen LogP contribution in [0, 0.1) is 6.92 Å². The second kappa shape index (κ2) is 8.16. The standard InChI is InChI=1S/C29H26N4O4/c1-16-8-7-9-17(14-16)25-23-26(31(2)29(36)32(3)28(23)35)27-24(19-15-18(37-4)12-13-22(19)34)30-20-10-5-6-11-21(20)33(25)27/h5-15,24,30,34H,1-4H3/t24-/m0/s1. The Hall–Kier alpha value is -4.72. The first-order valence-corrected chi connectivity index (χ1v) is 12.0. The number of para-hydroxylation sites is 2. The summed E-state index contributed by atoms with van der Waals surface area (Å²) in [6.45, 7) is 2.01. The molecule has 8 heteroatoms. The Morgan fingerprint density at radius 3 is 2.49 bits per heavy atom. The zero-order chi connectivity index (χ0) is 26.0. The van der Waals surface area contributed by atoms with Gasteiger partial charge in [-0.05, 0) is 48.9 Å². The Kier molecular flexibility index (Phi) is 5.01. The average molecular weight is 495 g/mol. The number of phenolic OH excluding ortho intramolecular Hbond substituents is 1. The van der Waals surface area contributed by atoms with E-state index in [0.29, 0.717) is 33.6 Å². The summed E-state index contributed by atoms with van der Waals surface area (Å²) in [5, 5.41) is 15.0. The minimum atomic E-state index is -0.580. The molecular formula is C29H26N4O4. The highest BCUT2D eigenvalue weighted by Crippen LogP contribution is 2.47. The lowest BCUT2D eigenvalue weighted by atomic mass is 9.98. The lowest BCUT2D eigenvalue weighted by molar-refractivity contribution is 0.410. The summed E-state index contributed by atoms with van der Waals surface area (Å²) in [5.41, 5.74) is 5.26. The number of rotatable bonds is 3. The highest BCUT2D eigenvalue weighted by Gasteiger charge is 2.35. The number of anilines is 1. The third-order valence-electron chi connectivity index (χ3n) is 7.16. The first kappa shape index (κ1) is 22.7. The van der Waals surface area contributed by atoms with E-state index in [1.54, 1.807) is 32.4 Å². The summed E-state index contributed by atoms with van der Waals surface area (Å²) in [5.74, 6) is 0.657. The summed E-state index contributed by atoms with van der Waals surface area (Å²) >= 11 is 0. The van der Waals surface area contributed by atoms with Crippen LogP contribution in [0.25, 0.3) is 27.8 Å². The molecule has 3 heterocycles. The molecule has 186 valence electrons. The summed E-state index contributed by atoms with van der Waals surface area (Å²) in [4.78, 5) is 26.9. The third-order valence-corrected chi connectivity index (χ3v) is 7.16. The highest BCUT2D eigenvalue weighted by atomic mass is 16.5. The van der Waals surface area contributed by atoms with Gasteiger partial charge in [-0.25, -0.2) is 4.79 Å². The van der Waals surface area contributed by atoms with Crippen LogP contribution in [0.3, 0.4) is 0 Å². The number of nitrogens with zero attached hydrogens (tertiary/aromatic N) is 3. The molecule has 0 amide bonds. The SMILES string of the molecule is COc1ccc(O)c([C@@H]2Nc3ccccc3-n3c(-c4cccc(C)c4)c4c(=O)n(C)c(=O)n(C)c4c32)c1. The second-order valence-electron chi connectivity index (χ2n) is 9.39. The zero-order valence-corrected chi connectivity index (χ0v) is 20.9. The lowest BCUT2D eigenvalue weighted by Crippen LogP contribution is -2.37. The van der Waals surface area contributed by atoms with Crippen LogP contribution in [0.15, 0.2) is 76.3 Å². The molecule has 0 fully saturated rings. The molecule has 0 saturated heterocycles. The summed E-state index contributed by atoms with van der Waals surface area (Å²) < 4.78 is 10.2. The predicted molar refractivity (Wildman–Crippen MR) is 144 cm³/mol. The largest absolute Gasteiger partial charge is 0.508 e. The Bertz CT molecular complexity index is 1840. The maximum Gasteiger partial charge on any atom is 0.331 e. The maximum absolute atomic E-state index is 13.8. The molecule has 1 atom stereocenters. The van der Waals surface area contributed by atoms with E-state index in [-0.39, 0.29) is 11.3 Å². The van der Waals surface area contributed by atoms with Gasteiger partial charge in [0.25, 0.3) is 5.56 Å². The average Bonchev–Trinajstić information content (AvgIpc) is 3.27. The Morgan fingerprint density at radius 1 is 0.946 bits per heavy atom. The normalized spacial score (nSPS) is 14.2. The van der Waals surface area contributed by atoms with Crippen molar-refractivity contribution in [2.45, 2.75) is 13.0 Å². The van der Waals surface area contributed by atoms with Gasteiger partial charge in [0.1, 0.15) is 11.5 Å². The topological polar surface area (TPSA) is 90.4 Å². The van der Waals surface area contributed by atoms with E-state index in [9.17, 15) is 14.7 Å². The Balaban J connectivity index is 1.86. The number of nitrogens with one attached hydrogen (secondary N) is 1. The molecule has 1 aliphatic heterocycles. The molecule has 3 aromatic carbocycles. The van der Waals surface area contributed by atoms with Gasteiger partial charge in [0.2, 0.25) is 0 Å². The van der Waals surface area contributed by atoms with E-state index in [1.165, 1.54) is 11.6 Å². The number of phenols is 1. The minimum Gasteiger partial charge on any atom is -0.508 e. The fraction of sp³-hybridized carbons (Fsp3) is 0.172. The smallest absolute Gasteiger partial charge is 0.331 e. The maximum atomic E-state index is 13.8. The molecule has 2 aromatic heterocycles. The van der Waals surface area contributed by atoms with Crippen LogP contribution in [-0.4, -0.2) is 25.9 Å². The van der Waals surface area contributed by atoms with Crippen molar-refractivity contribution in [1.82, 2.24) is 13.7 Å². The second-order valence-corrected chi connectivity index (χ2v) is 9.39. The van der Waals surface area contributed by atoms with Gasteiger partial charge in [0, 0.05) is 19.7 Å².